The van der Waals surface area contributed by atoms with Crippen molar-refractivity contribution >= 4 is 20.3 Å². The zero-order valence-corrected chi connectivity index (χ0v) is 12.4. The number of carbonyl (C=O) groups is 2. The van der Waals surface area contributed by atoms with Gasteiger partial charge in [0.1, 0.15) is 0 Å². The lowest BCUT2D eigenvalue weighted by Crippen LogP contribution is -2.58. The van der Waals surface area contributed by atoms with Gasteiger partial charge in [0.15, 0.2) is 8.32 Å². The summed E-state index contributed by atoms with van der Waals surface area (Å²) in [5.41, 5.74) is -1.52. The van der Waals surface area contributed by atoms with Crippen molar-refractivity contribution in [2.24, 2.45) is 5.41 Å². The average molecular weight is 274 g/mol. The summed E-state index contributed by atoms with van der Waals surface area (Å²) < 4.78 is 6.09. The van der Waals surface area contributed by atoms with Gasteiger partial charge < -0.3 is 14.6 Å². The molecule has 0 aliphatic carbocycles. The van der Waals surface area contributed by atoms with Gasteiger partial charge in [-0.05, 0) is 39.4 Å². The van der Waals surface area contributed by atoms with Crippen LogP contribution in [0.2, 0.25) is 19.1 Å². The van der Waals surface area contributed by atoms with Gasteiger partial charge in [0.2, 0.25) is 0 Å². The first kappa shape index (κ1) is 15.2. The third kappa shape index (κ3) is 3.11. The highest BCUT2D eigenvalue weighted by atomic mass is 28.4. The second-order valence-electron chi connectivity index (χ2n) is 6.29. The van der Waals surface area contributed by atoms with E-state index in [2.05, 4.69) is 13.1 Å². The molecular weight excluding hydrogens is 252 g/mol. The zero-order valence-electron chi connectivity index (χ0n) is 11.4. The fourth-order valence-corrected chi connectivity index (χ4v) is 5.72. The minimum atomic E-state index is -1.80. The summed E-state index contributed by atoms with van der Waals surface area (Å²) in [5.74, 6) is -1.93. The van der Waals surface area contributed by atoms with Crippen molar-refractivity contribution in [3.63, 3.8) is 0 Å². The highest BCUT2D eigenvalue weighted by Gasteiger charge is 2.54. The van der Waals surface area contributed by atoms with Gasteiger partial charge in [-0.15, -0.1) is 0 Å². The second kappa shape index (κ2) is 4.66. The third-order valence-electron chi connectivity index (χ3n) is 3.99. The molecule has 0 unspecified atom stereocenters. The maximum atomic E-state index is 11.1. The minimum absolute atomic E-state index is 0.156. The first-order valence-corrected chi connectivity index (χ1v) is 9.25. The van der Waals surface area contributed by atoms with Crippen LogP contribution in [0.3, 0.4) is 0 Å². The number of hydrogen-bond acceptors (Lipinski definition) is 3. The van der Waals surface area contributed by atoms with E-state index >= 15 is 0 Å². The fraction of sp³-hybridized carbons (Fsp3) is 0.833. The number of hydrogen-bond donors (Lipinski definition) is 2. The number of carboxylic acids is 2. The van der Waals surface area contributed by atoms with E-state index in [0.29, 0.717) is 6.42 Å². The largest absolute Gasteiger partial charge is 0.481 e. The fourth-order valence-electron chi connectivity index (χ4n) is 2.94. The summed E-state index contributed by atoms with van der Waals surface area (Å²) in [4.78, 5) is 22.1. The van der Waals surface area contributed by atoms with E-state index in [-0.39, 0.29) is 12.8 Å². The van der Waals surface area contributed by atoms with Crippen LogP contribution < -0.4 is 0 Å². The van der Waals surface area contributed by atoms with E-state index in [0.717, 1.165) is 6.04 Å². The first-order chi connectivity index (χ1) is 8.00. The second-order valence-corrected chi connectivity index (χ2v) is 10.5. The van der Waals surface area contributed by atoms with Crippen molar-refractivity contribution in [2.45, 2.75) is 57.8 Å². The minimum Gasteiger partial charge on any atom is -0.481 e. The first-order valence-electron chi connectivity index (χ1n) is 6.14. The molecule has 0 atom stereocenters. The molecule has 0 bridgehead atoms. The van der Waals surface area contributed by atoms with Gasteiger partial charge in [-0.25, -0.2) is 0 Å². The van der Waals surface area contributed by atoms with Crippen molar-refractivity contribution < 1.29 is 24.2 Å². The lowest BCUT2D eigenvalue weighted by Gasteiger charge is -2.53. The van der Waals surface area contributed by atoms with Crippen LogP contribution in [0.1, 0.15) is 33.1 Å². The molecule has 1 aliphatic heterocycles. The molecule has 0 aromatic rings. The van der Waals surface area contributed by atoms with Crippen LogP contribution in [-0.2, 0) is 14.0 Å². The lowest BCUT2D eigenvalue weighted by molar-refractivity contribution is -0.155. The van der Waals surface area contributed by atoms with Gasteiger partial charge in [0.25, 0.3) is 0 Å². The molecule has 0 aromatic carbocycles. The summed E-state index contributed by atoms with van der Waals surface area (Å²) >= 11 is 0. The Morgan fingerprint density at radius 1 is 1.17 bits per heavy atom. The molecule has 0 radical (unpaired) electrons. The molecule has 104 valence electrons. The number of rotatable bonds is 4. The summed E-state index contributed by atoms with van der Waals surface area (Å²) in [6.07, 6.45) is 0.297. The van der Waals surface area contributed by atoms with Gasteiger partial charge in [-0.1, -0.05) is 0 Å². The lowest BCUT2D eigenvalue weighted by atomic mass is 9.67. The number of carboxylic acid groups (broad SMARTS) is 2. The summed E-state index contributed by atoms with van der Waals surface area (Å²) in [5, 5.41) is 18.1. The molecule has 6 heteroatoms. The molecule has 0 spiro atoms. The van der Waals surface area contributed by atoms with Crippen LogP contribution in [0.5, 0.6) is 0 Å². The molecule has 18 heavy (non-hydrogen) atoms. The van der Waals surface area contributed by atoms with Crippen LogP contribution in [0.15, 0.2) is 0 Å². The Balaban J connectivity index is 3.09. The zero-order chi connectivity index (χ0) is 14.2. The molecule has 1 aliphatic rings. The molecule has 0 amide bonds. The Kier molecular flexibility index (Phi) is 3.93. The van der Waals surface area contributed by atoms with Gasteiger partial charge in [0, 0.05) is 5.41 Å². The van der Waals surface area contributed by atoms with Crippen LogP contribution in [0, 0.1) is 5.41 Å². The van der Waals surface area contributed by atoms with Gasteiger partial charge in [-0.2, -0.15) is 0 Å². The predicted molar refractivity (Wildman–Crippen MR) is 69.0 cm³/mol. The maximum Gasteiger partial charge on any atom is 0.304 e. The third-order valence-corrected chi connectivity index (χ3v) is 6.51. The smallest absolute Gasteiger partial charge is 0.304 e. The van der Waals surface area contributed by atoms with Crippen LogP contribution >= 0.6 is 0 Å². The standard InChI is InChI=1S/C12H22O5Si/c1-11(2)12(7-9(13)14,8-10(15)16)5-6-18(3,4)17-11/h5-8H2,1-4H3,(H,13,14)(H,15,16). The Morgan fingerprint density at radius 3 is 1.94 bits per heavy atom. The monoisotopic (exact) mass is 274 g/mol. The Bertz CT molecular complexity index is 345. The van der Waals surface area contributed by atoms with E-state index in [9.17, 15) is 9.59 Å². The SMILES string of the molecule is CC1(C)O[Si](C)(C)CCC1(CC(=O)O)CC(=O)O. The van der Waals surface area contributed by atoms with Crippen molar-refractivity contribution in [1.29, 1.82) is 0 Å². The summed E-state index contributed by atoms with van der Waals surface area (Å²) in [6.45, 7) is 7.82. The molecule has 2 N–H and O–H groups in total. The van der Waals surface area contributed by atoms with Crippen molar-refractivity contribution in [3.8, 4) is 0 Å². The van der Waals surface area contributed by atoms with E-state index in [1.165, 1.54) is 0 Å². The predicted octanol–water partition coefficient (Wildman–Crippen LogP) is 2.33. The molecule has 1 fully saturated rings. The van der Waals surface area contributed by atoms with Crippen molar-refractivity contribution in [3.05, 3.63) is 0 Å². The Hall–Kier alpha value is -0.883. The molecule has 1 rings (SSSR count). The van der Waals surface area contributed by atoms with Gasteiger partial charge in [-0.3, -0.25) is 9.59 Å². The van der Waals surface area contributed by atoms with Crippen molar-refractivity contribution in [1.82, 2.24) is 0 Å². The maximum absolute atomic E-state index is 11.1. The van der Waals surface area contributed by atoms with E-state index in [4.69, 9.17) is 14.6 Å². The van der Waals surface area contributed by atoms with Crippen LogP contribution in [0.4, 0.5) is 0 Å². The summed E-state index contributed by atoms with van der Waals surface area (Å²) in [6, 6.07) is 0.803. The molecule has 1 saturated heterocycles. The van der Waals surface area contributed by atoms with Crippen LogP contribution in [-0.4, -0.2) is 36.1 Å². The van der Waals surface area contributed by atoms with Gasteiger partial charge in [0.05, 0.1) is 18.4 Å². The molecule has 1 heterocycles. The normalized spacial score (nSPS) is 24.4. The van der Waals surface area contributed by atoms with Gasteiger partial charge >= 0.3 is 11.9 Å². The van der Waals surface area contributed by atoms with Crippen molar-refractivity contribution in [2.75, 3.05) is 0 Å². The van der Waals surface area contributed by atoms with E-state index in [1.807, 2.05) is 13.8 Å². The Morgan fingerprint density at radius 2 is 1.61 bits per heavy atom. The molecule has 0 saturated carbocycles. The molecule has 5 nitrogen and oxygen atoms in total. The summed E-state index contributed by atoms with van der Waals surface area (Å²) in [7, 11) is -1.80. The highest BCUT2D eigenvalue weighted by Crippen LogP contribution is 2.51. The average Bonchev–Trinajstić information content (AvgIpc) is 2.08. The van der Waals surface area contributed by atoms with Crippen LogP contribution in [0.25, 0.3) is 0 Å². The molecular formula is C12H22O5Si. The molecule has 0 aromatic heterocycles. The highest BCUT2D eigenvalue weighted by molar-refractivity contribution is 6.71. The van der Waals surface area contributed by atoms with E-state index in [1.54, 1.807) is 0 Å². The quantitative estimate of drug-likeness (QED) is 0.769. The number of aliphatic carboxylic acids is 2. The van der Waals surface area contributed by atoms with E-state index < -0.39 is 31.3 Å². The Labute approximate surface area is 108 Å². The topological polar surface area (TPSA) is 83.8 Å².